The Bertz CT molecular complexity index is 526. The van der Waals surface area contributed by atoms with E-state index in [1.807, 2.05) is 0 Å². The lowest BCUT2D eigenvalue weighted by atomic mass is 10.3. The fourth-order valence-electron chi connectivity index (χ4n) is 1.84. The molecule has 1 saturated heterocycles. The average Bonchev–Trinajstić information content (AvgIpc) is 2.91. The molecular formula is C13H16N2O4S. The molecule has 0 radical (unpaired) electrons. The van der Waals surface area contributed by atoms with Crippen LogP contribution in [0.5, 0.6) is 0 Å². The molecule has 1 aliphatic heterocycles. The van der Waals surface area contributed by atoms with Crippen molar-refractivity contribution < 1.29 is 19.1 Å². The Kier molecular flexibility index (Phi) is 4.73. The van der Waals surface area contributed by atoms with Gasteiger partial charge in [-0.2, -0.15) is 0 Å². The third kappa shape index (κ3) is 3.57. The van der Waals surface area contributed by atoms with Gasteiger partial charge in [0.2, 0.25) is 0 Å². The summed E-state index contributed by atoms with van der Waals surface area (Å²) in [5.41, 5.74) is 0. The fourth-order valence-corrected chi connectivity index (χ4v) is 2.66. The zero-order valence-corrected chi connectivity index (χ0v) is 12.0. The van der Waals surface area contributed by atoms with Crippen molar-refractivity contribution in [2.75, 3.05) is 26.2 Å². The van der Waals surface area contributed by atoms with Crippen LogP contribution < -0.4 is 5.32 Å². The Morgan fingerprint density at radius 1 is 1.40 bits per heavy atom. The molecule has 2 amide bonds. The Hall–Kier alpha value is -1.89. The normalized spacial score (nSPS) is 14.8. The number of ether oxygens (including phenoxy) is 1. The van der Waals surface area contributed by atoms with E-state index in [1.54, 1.807) is 17.0 Å². The molecule has 0 spiro atoms. The molecular weight excluding hydrogens is 280 g/mol. The number of hydrogen-bond donors (Lipinski definition) is 1. The number of Topliss-reactive ketones (excluding diaryl/α,β-unsaturated/α-hetero) is 1. The molecule has 1 aliphatic rings. The summed E-state index contributed by atoms with van der Waals surface area (Å²) < 4.78 is 4.90. The summed E-state index contributed by atoms with van der Waals surface area (Å²) in [7, 11) is 0. The summed E-state index contributed by atoms with van der Waals surface area (Å²) >= 11 is 1.17. The van der Waals surface area contributed by atoms with E-state index in [1.165, 1.54) is 18.3 Å². The van der Waals surface area contributed by atoms with Gasteiger partial charge in [-0.1, -0.05) is 0 Å². The van der Waals surface area contributed by atoms with Gasteiger partial charge in [0.05, 0.1) is 16.4 Å². The van der Waals surface area contributed by atoms with Crippen LogP contribution in [0.25, 0.3) is 0 Å². The minimum atomic E-state index is -0.333. The molecule has 1 N–H and O–H groups in total. The minimum absolute atomic E-state index is 0.0508. The van der Waals surface area contributed by atoms with Crippen molar-refractivity contribution in [2.45, 2.75) is 13.3 Å². The molecule has 6 nitrogen and oxygen atoms in total. The van der Waals surface area contributed by atoms with Crippen LogP contribution in [0, 0.1) is 0 Å². The Morgan fingerprint density at radius 2 is 2.15 bits per heavy atom. The first kappa shape index (κ1) is 14.5. The van der Waals surface area contributed by atoms with Gasteiger partial charge >= 0.3 is 6.09 Å². The molecule has 0 aromatic carbocycles. The van der Waals surface area contributed by atoms with Gasteiger partial charge in [-0.3, -0.25) is 9.59 Å². The summed E-state index contributed by atoms with van der Waals surface area (Å²) in [5.74, 6) is -0.280. The summed E-state index contributed by atoms with van der Waals surface area (Å²) in [5, 5.41) is 2.73. The third-order valence-electron chi connectivity index (χ3n) is 2.90. The lowest BCUT2D eigenvalue weighted by molar-refractivity contribution is 0.0720. The lowest BCUT2D eigenvalue weighted by Crippen LogP contribution is -2.42. The van der Waals surface area contributed by atoms with Crippen LogP contribution >= 0.6 is 11.3 Å². The van der Waals surface area contributed by atoms with Crippen molar-refractivity contribution in [2.24, 2.45) is 0 Å². The molecule has 108 valence electrons. The van der Waals surface area contributed by atoms with Gasteiger partial charge < -0.3 is 15.0 Å². The Balaban J connectivity index is 1.79. The van der Waals surface area contributed by atoms with Crippen LogP contribution in [0.2, 0.25) is 0 Å². The fraction of sp³-hybridized carbons (Fsp3) is 0.462. The first-order valence-corrected chi connectivity index (χ1v) is 7.20. The van der Waals surface area contributed by atoms with E-state index >= 15 is 0 Å². The van der Waals surface area contributed by atoms with Crippen LogP contribution in [0.3, 0.4) is 0 Å². The zero-order valence-electron chi connectivity index (χ0n) is 11.2. The SMILES string of the molecule is CC(=O)c1ccc(C(=O)NCCN2CCCOC2=O)s1. The number of nitrogens with zero attached hydrogens (tertiary/aromatic N) is 1. The summed E-state index contributed by atoms with van der Waals surface area (Å²) in [6.07, 6.45) is 0.479. The monoisotopic (exact) mass is 296 g/mol. The first-order valence-electron chi connectivity index (χ1n) is 6.38. The minimum Gasteiger partial charge on any atom is -0.449 e. The maximum atomic E-state index is 11.9. The van der Waals surface area contributed by atoms with E-state index in [9.17, 15) is 14.4 Å². The highest BCUT2D eigenvalue weighted by Crippen LogP contribution is 2.16. The number of rotatable bonds is 5. The predicted octanol–water partition coefficient (Wildman–Crippen LogP) is 1.52. The van der Waals surface area contributed by atoms with Gasteiger partial charge in [-0.15, -0.1) is 11.3 Å². The zero-order chi connectivity index (χ0) is 14.5. The van der Waals surface area contributed by atoms with Gasteiger partial charge in [0.15, 0.2) is 5.78 Å². The number of carbonyl (C=O) groups is 3. The maximum Gasteiger partial charge on any atom is 0.409 e. The van der Waals surface area contributed by atoms with E-state index in [0.717, 1.165) is 6.42 Å². The molecule has 2 rings (SSSR count). The molecule has 20 heavy (non-hydrogen) atoms. The van der Waals surface area contributed by atoms with Crippen LogP contribution in [0.1, 0.15) is 32.7 Å². The number of hydrogen-bond acceptors (Lipinski definition) is 5. The number of cyclic esters (lactones) is 1. The second kappa shape index (κ2) is 6.51. The van der Waals surface area contributed by atoms with Crippen LogP contribution in [-0.4, -0.2) is 48.9 Å². The topological polar surface area (TPSA) is 75.7 Å². The molecule has 0 saturated carbocycles. The van der Waals surface area contributed by atoms with Gasteiger partial charge in [0.1, 0.15) is 0 Å². The molecule has 0 atom stereocenters. The Labute approximate surface area is 120 Å². The maximum absolute atomic E-state index is 11.9. The standard InChI is InChI=1S/C13H16N2O4S/c1-9(16)10-3-4-11(20-10)12(17)14-5-7-15-6-2-8-19-13(15)18/h3-4H,2,5-8H2,1H3,(H,14,17). The van der Waals surface area contributed by atoms with Gasteiger partial charge in [0.25, 0.3) is 5.91 Å². The van der Waals surface area contributed by atoms with Crippen molar-refractivity contribution >= 4 is 29.1 Å². The highest BCUT2D eigenvalue weighted by atomic mass is 32.1. The van der Waals surface area contributed by atoms with E-state index in [-0.39, 0.29) is 17.8 Å². The smallest absolute Gasteiger partial charge is 0.409 e. The van der Waals surface area contributed by atoms with Gasteiger partial charge in [0, 0.05) is 19.6 Å². The highest BCUT2D eigenvalue weighted by molar-refractivity contribution is 7.15. The molecule has 0 unspecified atom stereocenters. The summed E-state index contributed by atoms with van der Waals surface area (Å²) in [6, 6.07) is 3.27. The van der Waals surface area contributed by atoms with Crippen molar-refractivity contribution in [3.63, 3.8) is 0 Å². The van der Waals surface area contributed by atoms with Crippen molar-refractivity contribution in [3.05, 3.63) is 21.9 Å². The third-order valence-corrected chi connectivity index (χ3v) is 4.09. The van der Waals surface area contributed by atoms with Crippen LogP contribution in [0.4, 0.5) is 4.79 Å². The quantitative estimate of drug-likeness (QED) is 0.836. The van der Waals surface area contributed by atoms with E-state index in [0.29, 0.717) is 36.0 Å². The molecule has 7 heteroatoms. The van der Waals surface area contributed by atoms with Crippen LogP contribution in [-0.2, 0) is 4.74 Å². The number of nitrogens with one attached hydrogen (secondary N) is 1. The Morgan fingerprint density at radius 3 is 2.80 bits per heavy atom. The molecule has 0 bridgehead atoms. The summed E-state index contributed by atoms with van der Waals surface area (Å²) in [6.45, 7) is 3.37. The molecule has 1 aromatic heterocycles. The first-order chi connectivity index (χ1) is 9.58. The number of thiophene rings is 1. The second-order valence-corrected chi connectivity index (χ2v) is 5.51. The molecule has 2 heterocycles. The van der Waals surface area contributed by atoms with Crippen molar-refractivity contribution in [1.82, 2.24) is 10.2 Å². The molecule has 0 aliphatic carbocycles. The largest absolute Gasteiger partial charge is 0.449 e. The van der Waals surface area contributed by atoms with Crippen molar-refractivity contribution in [3.8, 4) is 0 Å². The number of ketones is 1. The van der Waals surface area contributed by atoms with E-state index in [4.69, 9.17) is 4.74 Å². The number of amides is 2. The van der Waals surface area contributed by atoms with Crippen molar-refractivity contribution in [1.29, 1.82) is 0 Å². The highest BCUT2D eigenvalue weighted by Gasteiger charge is 2.19. The lowest BCUT2D eigenvalue weighted by Gasteiger charge is -2.26. The van der Waals surface area contributed by atoms with E-state index < -0.39 is 0 Å². The summed E-state index contributed by atoms with van der Waals surface area (Å²) in [4.78, 5) is 37.0. The van der Waals surface area contributed by atoms with E-state index in [2.05, 4.69) is 5.32 Å². The predicted molar refractivity (Wildman–Crippen MR) is 74.2 cm³/mol. The molecule has 1 fully saturated rings. The number of carbonyl (C=O) groups excluding carboxylic acids is 3. The average molecular weight is 296 g/mol. The van der Waals surface area contributed by atoms with Gasteiger partial charge in [-0.25, -0.2) is 4.79 Å². The second-order valence-electron chi connectivity index (χ2n) is 4.43. The van der Waals surface area contributed by atoms with Crippen LogP contribution in [0.15, 0.2) is 12.1 Å². The molecule has 1 aromatic rings. The van der Waals surface area contributed by atoms with Gasteiger partial charge in [-0.05, 0) is 25.5 Å².